The van der Waals surface area contributed by atoms with Crippen LogP contribution in [0.15, 0.2) is 58.4 Å². The van der Waals surface area contributed by atoms with Crippen LogP contribution >= 0.6 is 0 Å². The maximum absolute atomic E-state index is 4.14. The van der Waals surface area contributed by atoms with E-state index in [1.807, 2.05) is 31.2 Å². The normalized spacial score (nSPS) is 15.8. The van der Waals surface area contributed by atoms with Gasteiger partial charge < -0.3 is 0 Å². The zero-order chi connectivity index (χ0) is 11.2. The van der Waals surface area contributed by atoms with Crippen molar-refractivity contribution in [2.75, 3.05) is 0 Å². The first kappa shape index (κ1) is 10.5. The summed E-state index contributed by atoms with van der Waals surface area (Å²) in [6.07, 6.45) is 10.6. The van der Waals surface area contributed by atoms with Gasteiger partial charge in [0.1, 0.15) is 0 Å². The molecule has 0 saturated heterocycles. The minimum absolute atomic E-state index is 0.817. The zero-order valence-electron chi connectivity index (χ0n) is 9.17. The monoisotopic (exact) mass is 211 g/mol. The maximum Gasteiger partial charge on any atom is 0.0831 e. The molecule has 0 saturated carbocycles. The molecule has 0 bridgehead atoms. The van der Waals surface area contributed by atoms with Crippen molar-refractivity contribution in [2.24, 2.45) is 10.2 Å². The molecule has 0 spiro atoms. The number of aromatic nitrogens is 1. The Morgan fingerprint density at radius 2 is 2.38 bits per heavy atom. The predicted molar refractivity (Wildman–Crippen MR) is 66.8 cm³/mol. The van der Waals surface area contributed by atoms with Gasteiger partial charge in [0.25, 0.3) is 0 Å². The van der Waals surface area contributed by atoms with Crippen LogP contribution in [-0.4, -0.2) is 16.9 Å². The highest BCUT2D eigenvalue weighted by atomic mass is 15.2. The number of hydrogen-bond donors (Lipinski definition) is 0. The SMILES string of the molecule is C/C(=N\N=C\c1ccccn1)C1=CC=CC1. The van der Waals surface area contributed by atoms with E-state index in [0.29, 0.717) is 0 Å². The first-order valence-corrected chi connectivity index (χ1v) is 5.21. The molecule has 1 aromatic rings. The van der Waals surface area contributed by atoms with Crippen LogP contribution in [0.1, 0.15) is 19.0 Å². The largest absolute Gasteiger partial charge is 0.255 e. The molecule has 0 fully saturated rings. The Balaban J connectivity index is 2.01. The van der Waals surface area contributed by atoms with Gasteiger partial charge in [0.05, 0.1) is 17.6 Å². The summed E-state index contributed by atoms with van der Waals surface area (Å²) < 4.78 is 0. The Hall–Kier alpha value is -2.03. The summed E-state index contributed by atoms with van der Waals surface area (Å²) in [6, 6.07) is 5.69. The lowest BCUT2D eigenvalue weighted by molar-refractivity contribution is 1.20. The summed E-state index contributed by atoms with van der Waals surface area (Å²) in [5.41, 5.74) is 2.99. The van der Waals surface area contributed by atoms with Gasteiger partial charge in [0.15, 0.2) is 0 Å². The van der Waals surface area contributed by atoms with Crippen molar-refractivity contribution in [1.82, 2.24) is 4.98 Å². The first-order valence-electron chi connectivity index (χ1n) is 5.21. The average molecular weight is 211 g/mol. The van der Waals surface area contributed by atoms with Gasteiger partial charge in [-0.25, -0.2) is 0 Å². The van der Waals surface area contributed by atoms with E-state index in [1.54, 1.807) is 12.4 Å². The lowest BCUT2D eigenvalue weighted by Crippen LogP contribution is -1.93. The predicted octanol–water partition coefficient (Wildman–Crippen LogP) is 2.76. The quantitative estimate of drug-likeness (QED) is 0.559. The molecular weight excluding hydrogens is 198 g/mol. The fourth-order valence-corrected chi connectivity index (χ4v) is 1.41. The molecule has 80 valence electrons. The van der Waals surface area contributed by atoms with Crippen molar-refractivity contribution >= 4 is 11.9 Å². The van der Waals surface area contributed by atoms with Crippen molar-refractivity contribution in [3.63, 3.8) is 0 Å². The van der Waals surface area contributed by atoms with Crippen molar-refractivity contribution in [3.05, 3.63) is 53.9 Å². The zero-order valence-corrected chi connectivity index (χ0v) is 9.17. The van der Waals surface area contributed by atoms with E-state index >= 15 is 0 Å². The second-order valence-electron chi connectivity index (χ2n) is 3.51. The summed E-state index contributed by atoms with van der Waals surface area (Å²) in [4.78, 5) is 4.13. The number of allylic oxidation sites excluding steroid dienone is 4. The van der Waals surface area contributed by atoms with Crippen LogP contribution in [0.5, 0.6) is 0 Å². The standard InChI is InChI=1S/C13H13N3/c1-11(12-6-2-3-7-12)16-15-10-13-8-4-5-9-14-13/h2-6,8-10H,7H2,1H3/b15-10+,16-11+. The summed E-state index contributed by atoms with van der Waals surface area (Å²) in [6.45, 7) is 1.97. The summed E-state index contributed by atoms with van der Waals surface area (Å²) in [7, 11) is 0. The third-order valence-electron chi connectivity index (χ3n) is 2.32. The van der Waals surface area contributed by atoms with Crippen molar-refractivity contribution in [2.45, 2.75) is 13.3 Å². The molecule has 0 aliphatic heterocycles. The van der Waals surface area contributed by atoms with Gasteiger partial charge in [-0.3, -0.25) is 4.98 Å². The van der Waals surface area contributed by atoms with E-state index < -0.39 is 0 Å². The van der Waals surface area contributed by atoms with E-state index in [2.05, 4.69) is 27.3 Å². The molecule has 0 unspecified atom stereocenters. The Labute approximate surface area is 94.9 Å². The topological polar surface area (TPSA) is 37.6 Å². The highest BCUT2D eigenvalue weighted by Crippen LogP contribution is 2.11. The number of rotatable bonds is 3. The molecule has 1 heterocycles. The fraction of sp³-hybridized carbons (Fsp3) is 0.154. The summed E-state index contributed by atoms with van der Waals surface area (Å²) in [5.74, 6) is 0. The number of pyridine rings is 1. The van der Waals surface area contributed by atoms with Gasteiger partial charge in [-0.15, -0.1) is 0 Å². The summed E-state index contributed by atoms with van der Waals surface area (Å²) in [5, 5.41) is 8.16. The second kappa shape index (κ2) is 5.16. The van der Waals surface area contributed by atoms with Crippen LogP contribution < -0.4 is 0 Å². The number of hydrogen-bond acceptors (Lipinski definition) is 3. The van der Waals surface area contributed by atoms with Crippen LogP contribution in [0, 0.1) is 0 Å². The summed E-state index contributed by atoms with van der Waals surface area (Å²) >= 11 is 0. The molecule has 0 radical (unpaired) electrons. The first-order chi connectivity index (χ1) is 7.86. The van der Waals surface area contributed by atoms with Gasteiger partial charge in [-0.1, -0.05) is 24.3 Å². The van der Waals surface area contributed by atoms with Crippen LogP contribution in [0.2, 0.25) is 0 Å². The van der Waals surface area contributed by atoms with Gasteiger partial charge in [0, 0.05) is 6.20 Å². The molecule has 1 aliphatic rings. The van der Waals surface area contributed by atoms with Crippen LogP contribution in [0.25, 0.3) is 0 Å². The molecular formula is C13H13N3. The van der Waals surface area contributed by atoms with E-state index in [9.17, 15) is 0 Å². The molecule has 3 nitrogen and oxygen atoms in total. The highest BCUT2D eigenvalue weighted by Gasteiger charge is 2.01. The highest BCUT2D eigenvalue weighted by molar-refractivity contribution is 5.99. The average Bonchev–Trinajstić information content (AvgIpc) is 2.84. The van der Waals surface area contributed by atoms with Gasteiger partial charge in [-0.2, -0.15) is 10.2 Å². The molecule has 16 heavy (non-hydrogen) atoms. The van der Waals surface area contributed by atoms with E-state index in [1.165, 1.54) is 5.57 Å². The molecule has 2 rings (SSSR count). The van der Waals surface area contributed by atoms with Crippen LogP contribution in [-0.2, 0) is 0 Å². The molecule has 1 aliphatic carbocycles. The molecule has 3 heteroatoms. The van der Waals surface area contributed by atoms with Gasteiger partial charge in [-0.05, 0) is 31.1 Å². The van der Waals surface area contributed by atoms with E-state index in [4.69, 9.17) is 0 Å². The molecule has 1 aromatic heterocycles. The van der Waals surface area contributed by atoms with E-state index in [0.717, 1.165) is 17.8 Å². The van der Waals surface area contributed by atoms with Crippen molar-refractivity contribution < 1.29 is 0 Å². The number of nitrogens with zero attached hydrogens (tertiary/aromatic N) is 3. The minimum atomic E-state index is 0.817. The molecule has 0 aromatic carbocycles. The maximum atomic E-state index is 4.14. The molecule has 0 amide bonds. The van der Waals surface area contributed by atoms with Crippen LogP contribution in [0.4, 0.5) is 0 Å². The smallest absolute Gasteiger partial charge is 0.0831 e. The Kier molecular flexibility index (Phi) is 3.38. The Morgan fingerprint density at radius 3 is 3.06 bits per heavy atom. The van der Waals surface area contributed by atoms with Gasteiger partial charge in [0.2, 0.25) is 0 Å². The van der Waals surface area contributed by atoms with Crippen LogP contribution in [0.3, 0.4) is 0 Å². The van der Waals surface area contributed by atoms with Gasteiger partial charge >= 0.3 is 0 Å². The molecule has 0 atom stereocenters. The second-order valence-corrected chi connectivity index (χ2v) is 3.51. The van der Waals surface area contributed by atoms with E-state index in [-0.39, 0.29) is 0 Å². The van der Waals surface area contributed by atoms with Crippen molar-refractivity contribution in [3.8, 4) is 0 Å². The third kappa shape index (κ3) is 2.73. The fourth-order valence-electron chi connectivity index (χ4n) is 1.41. The Morgan fingerprint density at radius 1 is 1.44 bits per heavy atom. The van der Waals surface area contributed by atoms with Crippen molar-refractivity contribution in [1.29, 1.82) is 0 Å². The lowest BCUT2D eigenvalue weighted by atomic mass is 10.1. The minimum Gasteiger partial charge on any atom is -0.255 e. The Bertz CT molecular complexity index is 467. The third-order valence-corrected chi connectivity index (χ3v) is 2.32. The molecule has 0 N–H and O–H groups in total. The lowest BCUT2D eigenvalue weighted by Gasteiger charge is -1.96.